The van der Waals surface area contributed by atoms with Crippen LogP contribution in [-0.2, 0) is 11.5 Å². The molecule has 1 aromatic rings. The van der Waals surface area contributed by atoms with E-state index < -0.39 is 13.0 Å². The van der Waals surface area contributed by atoms with Gasteiger partial charge in [-0.3, -0.25) is 0 Å². The highest BCUT2D eigenvalue weighted by molar-refractivity contribution is 14.1. The second kappa shape index (κ2) is 5.91. The standard InChI is InChI=1S/C9H16IN3O3Si/c1-17(2,3)5-4-16-7-12-8(10)6-9(11-12)13(14)15/h6H,4-5,7H2,1-3H3. The van der Waals surface area contributed by atoms with Crippen LogP contribution in [-0.4, -0.2) is 29.4 Å². The highest BCUT2D eigenvalue weighted by atomic mass is 127. The van der Waals surface area contributed by atoms with E-state index in [1.54, 1.807) is 0 Å². The van der Waals surface area contributed by atoms with Crippen LogP contribution in [0.4, 0.5) is 5.82 Å². The van der Waals surface area contributed by atoms with Crippen LogP contribution in [0.5, 0.6) is 0 Å². The first-order chi connectivity index (χ1) is 7.79. The molecule has 0 aliphatic carbocycles. The predicted molar refractivity (Wildman–Crippen MR) is 75.7 cm³/mol. The molecule has 1 rings (SSSR count). The van der Waals surface area contributed by atoms with Crippen molar-refractivity contribution in [2.24, 2.45) is 0 Å². The van der Waals surface area contributed by atoms with Crippen molar-refractivity contribution in [3.05, 3.63) is 19.9 Å². The van der Waals surface area contributed by atoms with E-state index in [0.717, 1.165) is 6.04 Å². The lowest BCUT2D eigenvalue weighted by molar-refractivity contribution is -0.389. The molecule has 0 saturated carbocycles. The Labute approximate surface area is 115 Å². The average molecular weight is 369 g/mol. The summed E-state index contributed by atoms with van der Waals surface area (Å²) in [6.45, 7) is 7.78. The number of aromatic nitrogens is 2. The van der Waals surface area contributed by atoms with Gasteiger partial charge in [0.05, 0.1) is 11.2 Å². The fourth-order valence-corrected chi connectivity index (χ4v) is 2.37. The van der Waals surface area contributed by atoms with Crippen LogP contribution < -0.4 is 0 Å². The maximum Gasteiger partial charge on any atom is 0.391 e. The zero-order valence-corrected chi connectivity index (χ0v) is 13.3. The molecule has 96 valence electrons. The van der Waals surface area contributed by atoms with Gasteiger partial charge in [-0.2, -0.15) is 0 Å². The van der Waals surface area contributed by atoms with Crippen LogP contribution in [0.3, 0.4) is 0 Å². The van der Waals surface area contributed by atoms with Crippen LogP contribution in [0.15, 0.2) is 6.07 Å². The molecule has 6 nitrogen and oxygen atoms in total. The lowest BCUT2D eigenvalue weighted by Gasteiger charge is -2.14. The van der Waals surface area contributed by atoms with Crippen LogP contribution in [0.25, 0.3) is 0 Å². The van der Waals surface area contributed by atoms with Gasteiger partial charge < -0.3 is 14.9 Å². The Kier molecular flexibility index (Phi) is 5.07. The van der Waals surface area contributed by atoms with Crippen molar-refractivity contribution in [2.45, 2.75) is 32.4 Å². The third-order valence-electron chi connectivity index (χ3n) is 2.11. The number of nitrogens with zero attached hydrogens (tertiary/aromatic N) is 3. The Bertz CT molecular complexity index is 403. The third-order valence-corrected chi connectivity index (χ3v) is 4.69. The van der Waals surface area contributed by atoms with Gasteiger partial charge in [0.2, 0.25) is 0 Å². The summed E-state index contributed by atoms with van der Waals surface area (Å²) >= 11 is 2.01. The summed E-state index contributed by atoms with van der Waals surface area (Å²) < 4.78 is 7.69. The highest BCUT2D eigenvalue weighted by Gasteiger charge is 2.17. The van der Waals surface area contributed by atoms with Gasteiger partial charge in [-0.15, -0.1) is 4.68 Å². The first kappa shape index (κ1) is 14.6. The Morgan fingerprint density at radius 3 is 2.71 bits per heavy atom. The quantitative estimate of drug-likeness (QED) is 0.254. The van der Waals surface area contributed by atoms with Gasteiger partial charge in [-0.25, -0.2) is 0 Å². The van der Waals surface area contributed by atoms with Crippen LogP contribution in [0.1, 0.15) is 0 Å². The Balaban J connectivity index is 2.44. The molecule has 0 aromatic carbocycles. The number of rotatable bonds is 6. The minimum absolute atomic E-state index is 0.136. The fraction of sp³-hybridized carbons (Fsp3) is 0.667. The summed E-state index contributed by atoms with van der Waals surface area (Å²) in [5, 5.41) is 14.4. The van der Waals surface area contributed by atoms with E-state index in [1.807, 2.05) is 22.6 Å². The minimum atomic E-state index is -1.09. The van der Waals surface area contributed by atoms with Gasteiger partial charge in [-0.1, -0.05) is 19.6 Å². The molecule has 0 atom stereocenters. The van der Waals surface area contributed by atoms with E-state index in [4.69, 9.17) is 4.74 Å². The number of ether oxygens (including phenoxy) is 1. The maximum atomic E-state index is 10.5. The molecule has 1 heterocycles. The lowest BCUT2D eigenvalue weighted by Crippen LogP contribution is -2.22. The van der Waals surface area contributed by atoms with E-state index in [0.29, 0.717) is 10.3 Å². The first-order valence-electron chi connectivity index (χ1n) is 5.25. The number of hydrogen-bond donors (Lipinski definition) is 0. The molecular weight excluding hydrogens is 353 g/mol. The summed E-state index contributed by atoms with van der Waals surface area (Å²) in [7, 11) is -1.09. The summed E-state index contributed by atoms with van der Waals surface area (Å²) in [5.74, 6) is -0.136. The number of halogens is 1. The average Bonchev–Trinajstić information content (AvgIpc) is 2.54. The maximum absolute atomic E-state index is 10.5. The van der Waals surface area contributed by atoms with Crippen molar-refractivity contribution in [3.63, 3.8) is 0 Å². The predicted octanol–water partition coefficient (Wildman–Crippen LogP) is 2.71. The number of hydrogen-bond acceptors (Lipinski definition) is 4. The largest absolute Gasteiger partial charge is 0.391 e. The van der Waals surface area contributed by atoms with Crippen molar-refractivity contribution < 1.29 is 9.66 Å². The zero-order chi connectivity index (χ0) is 13.1. The van der Waals surface area contributed by atoms with Crippen molar-refractivity contribution in [2.75, 3.05) is 6.61 Å². The van der Waals surface area contributed by atoms with Gasteiger partial charge in [0.1, 0.15) is 3.70 Å². The second-order valence-corrected chi connectivity index (χ2v) is 11.7. The first-order valence-corrected chi connectivity index (χ1v) is 10.0. The van der Waals surface area contributed by atoms with E-state index in [2.05, 4.69) is 24.7 Å². The summed E-state index contributed by atoms with van der Waals surface area (Å²) in [6.07, 6.45) is 0. The molecule has 0 N–H and O–H groups in total. The Morgan fingerprint density at radius 2 is 2.24 bits per heavy atom. The normalized spacial score (nSPS) is 11.8. The number of nitro groups is 1. The van der Waals surface area contributed by atoms with E-state index >= 15 is 0 Å². The second-order valence-electron chi connectivity index (χ2n) is 4.93. The summed E-state index contributed by atoms with van der Waals surface area (Å²) in [4.78, 5) is 10.0. The zero-order valence-electron chi connectivity index (χ0n) is 10.1. The smallest absolute Gasteiger partial charge is 0.358 e. The SMILES string of the molecule is C[Si](C)(C)CCOCn1nc([N+](=O)[O-])cc1I. The molecule has 0 aliphatic rings. The molecule has 0 fully saturated rings. The Hall–Kier alpha value is -0.483. The molecule has 17 heavy (non-hydrogen) atoms. The van der Waals surface area contributed by atoms with Crippen molar-refractivity contribution in [3.8, 4) is 0 Å². The molecule has 0 spiro atoms. The monoisotopic (exact) mass is 369 g/mol. The van der Waals surface area contributed by atoms with Gasteiger partial charge in [0, 0.05) is 14.7 Å². The molecule has 0 amide bonds. The lowest BCUT2D eigenvalue weighted by atomic mass is 10.7. The van der Waals surface area contributed by atoms with E-state index in [1.165, 1.54) is 10.7 Å². The van der Waals surface area contributed by atoms with Crippen molar-refractivity contribution in [1.29, 1.82) is 0 Å². The molecule has 8 heteroatoms. The summed E-state index contributed by atoms with van der Waals surface area (Å²) in [6, 6.07) is 2.51. The fourth-order valence-electron chi connectivity index (χ4n) is 1.09. The third kappa shape index (κ3) is 5.13. The van der Waals surface area contributed by atoms with Gasteiger partial charge in [-0.05, 0) is 33.6 Å². The van der Waals surface area contributed by atoms with Crippen LogP contribution >= 0.6 is 22.6 Å². The topological polar surface area (TPSA) is 70.2 Å². The van der Waals surface area contributed by atoms with Crippen molar-refractivity contribution in [1.82, 2.24) is 9.78 Å². The summed E-state index contributed by atoms with van der Waals surface area (Å²) in [5.41, 5.74) is 0. The van der Waals surface area contributed by atoms with Crippen LogP contribution in [0, 0.1) is 13.8 Å². The molecule has 0 unspecified atom stereocenters. The van der Waals surface area contributed by atoms with Gasteiger partial charge >= 0.3 is 5.82 Å². The van der Waals surface area contributed by atoms with Gasteiger partial charge in [0.25, 0.3) is 0 Å². The van der Waals surface area contributed by atoms with Crippen molar-refractivity contribution >= 4 is 36.5 Å². The highest BCUT2D eigenvalue weighted by Crippen LogP contribution is 2.14. The molecule has 0 saturated heterocycles. The van der Waals surface area contributed by atoms with Gasteiger partial charge in [0.15, 0.2) is 6.73 Å². The molecule has 0 aliphatic heterocycles. The minimum Gasteiger partial charge on any atom is -0.358 e. The molecular formula is C9H16IN3O3Si. The molecule has 1 aromatic heterocycles. The molecule has 0 radical (unpaired) electrons. The Morgan fingerprint density at radius 1 is 1.59 bits per heavy atom. The van der Waals surface area contributed by atoms with Crippen LogP contribution in [0.2, 0.25) is 25.7 Å². The van der Waals surface area contributed by atoms with E-state index in [9.17, 15) is 10.1 Å². The van der Waals surface area contributed by atoms with E-state index in [-0.39, 0.29) is 12.5 Å². The molecule has 0 bridgehead atoms.